The number of piperidine rings is 2. The van der Waals surface area contributed by atoms with Crippen molar-refractivity contribution in [3.63, 3.8) is 0 Å². The van der Waals surface area contributed by atoms with Crippen molar-refractivity contribution in [2.24, 2.45) is 5.92 Å². The van der Waals surface area contributed by atoms with Crippen LogP contribution in [-0.2, 0) is 6.54 Å². The van der Waals surface area contributed by atoms with Gasteiger partial charge in [0.1, 0.15) is 0 Å². The van der Waals surface area contributed by atoms with Gasteiger partial charge in [-0.25, -0.2) is 0 Å². The third-order valence-electron chi connectivity index (χ3n) is 5.21. The lowest BCUT2D eigenvalue weighted by Crippen LogP contribution is -2.56. The molecule has 1 aromatic heterocycles. The van der Waals surface area contributed by atoms with E-state index in [0.29, 0.717) is 17.9 Å². The van der Waals surface area contributed by atoms with Crippen molar-refractivity contribution in [2.45, 2.75) is 43.9 Å². The van der Waals surface area contributed by atoms with Crippen LogP contribution in [0.5, 0.6) is 0 Å². The molecular weight excluding hydrogens is 240 g/mol. The van der Waals surface area contributed by atoms with E-state index in [2.05, 4.69) is 9.47 Å². The number of pyridine rings is 1. The molecule has 2 fully saturated rings. The topological polar surface area (TPSA) is 45.5 Å². The van der Waals surface area contributed by atoms with Crippen LogP contribution in [0, 0.1) is 5.92 Å². The summed E-state index contributed by atoms with van der Waals surface area (Å²) in [6.07, 6.45) is 4.83. The molecule has 102 valence electrons. The number of aliphatic hydroxyl groups excluding tert-OH is 1. The van der Waals surface area contributed by atoms with Gasteiger partial charge in [-0.3, -0.25) is 9.69 Å². The summed E-state index contributed by atoms with van der Waals surface area (Å²) in [6.45, 7) is 3.06. The number of aromatic nitrogens is 1. The van der Waals surface area contributed by atoms with Crippen molar-refractivity contribution in [2.75, 3.05) is 13.1 Å². The molecule has 3 aliphatic heterocycles. The maximum Gasteiger partial charge on any atom is 0.181 e. The second-order valence-electron chi connectivity index (χ2n) is 6.37. The maximum atomic E-state index is 11.6. The number of fused-ring (bicyclic) bond motifs is 6. The van der Waals surface area contributed by atoms with Gasteiger partial charge in [0.15, 0.2) is 5.43 Å². The van der Waals surface area contributed by atoms with Gasteiger partial charge in [0, 0.05) is 55.6 Å². The van der Waals surface area contributed by atoms with Gasteiger partial charge in [0.25, 0.3) is 0 Å². The van der Waals surface area contributed by atoms with Crippen LogP contribution in [0.2, 0.25) is 0 Å². The highest BCUT2D eigenvalue weighted by Gasteiger charge is 2.42. The monoisotopic (exact) mass is 260 g/mol. The molecule has 3 aliphatic rings. The Labute approximate surface area is 112 Å². The molecule has 2 saturated heterocycles. The summed E-state index contributed by atoms with van der Waals surface area (Å²) in [4.78, 5) is 14.1. The van der Waals surface area contributed by atoms with E-state index < -0.39 is 0 Å². The van der Waals surface area contributed by atoms with E-state index in [1.807, 2.05) is 12.3 Å². The van der Waals surface area contributed by atoms with Crippen LogP contribution in [0.25, 0.3) is 0 Å². The lowest BCUT2D eigenvalue weighted by atomic mass is 9.75. The number of hydrogen-bond donors (Lipinski definition) is 1. The smallest absolute Gasteiger partial charge is 0.181 e. The number of hydrogen-bond acceptors (Lipinski definition) is 3. The normalized spacial score (nSPS) is 37.5. The first kappa shape index (κ1) is 11.7. The van der Waals surface area contributed by atoms with Gasteiger partial charge in [-0.05, 0) is 25.2 Å². The molecule has 0 aromatic carbocycles. The zero-order valence-corrected chi connectivity index (χ0v) is 11.0. The van der Waals surface area contributed by atoms with Crippen molar-refractivity contribution >= 4 is 0 Å². The molecule has 0 radical (unpaired) electrons. The Morgan fingerprint density at radius 1 is 1.26 bits per heavy atom. The third kappa shape index (κ3) is 1.85. The highest BCUT2D eigenvalue weighted by atomic mass is 16.3. The van der Waals surface area contributed by atoms with Crippen molar-refractivity contribution in [3.05, 3.63) is 34.2 Å². The van der Waals surface area contributed by atoms with Gasteiger partial charge in [0.05, 0.1) is 6.10 Å². The number of rotatable bonds is 0. The molecule has 1 aromatic rings. The predicted octanol–water partition coefficient (Wildman–Crippen LogP) is 0.791. The van der Waals surface area contributed by atoms with E-state index in [4.69, 9.17) is 0 Å². The zero-order valence-electron chi connectivity index (χ0n) is 11.0. The second-order valence-corrected chi connectivity index (χ2v) is 6.37. The first-order chi connectivity index (χ1) is 9.20. The van der Waals surface area contributed by atoms with Crippen LogP contribution in [0.3, 0.4) is 0 Å². The van der Waals surface area contributed by atoms with Crippen molar-refractivity contribution in [1.82, 2.24) is 9.47 Å². The van der Waals surface area contributed by atoms with Crippen LogP contribution >= 0.6 is 0 Å². The third-order valence-corrected chi connectivity index (χ3v) is 5.21. The van der Waals surface area contributed by atoms with Crippen molar-refractivity contribution in [1.29, 1.82) is 0 Å². The Hall–Kier alpha value is -1.13. The van der Waals surface area contributed by atoms with Gasteiger partial charge in [0.2, 0.25) is 0 Å². The van der Waals surface area contributed by atoms with Crippen LogP contribution in [-0.4, -0.2) is 39.8 Å². The van der Waals surface area contributed by atoms with E-state index >= 15 is 0 Å². The first-order valence-corrected chi connectivity index (χ1v) is 7.33. The summed E-state index contributed by atoms with van der Waals surface area (Å²) < 4.78 is 2.26. The zero-order chi connectivity index (χ0) is 13.0. The SMILES string of the molecule is O=c1ccn2c(c1)C1CC(C2)C2CC(O)CCN2C1. The summed E-state index contributed by atoms with van der Waals surface area (Å²) in [6, 6.07) is 4.02. The first-order valence-electron chi connectivity index (χ1n) is 7.33. The highest BCUT2D eigenvalue weighted by Crippen LogP contribution is 2.41. The molecule has 19 heavy (non-hydrogen) atoms. The standard InChI is InChI=1S/C15H20N2O2/c18-12-1-3-16-8-10-5-11(14(16)6-12)9-17-4-2-13(19)7-15(10)17/h1,3,6,10-11,13,15,19H,2,4-5,7-9H2. The largest absolute Gasteiger partial charge is 0.393 e. The minimum Gasteiger partial charge on any atom is -0.393 e. The molecule has 4 atom stereocenters. The fourth-order valence-electron chi connectivity index (χ4n) is 4.33. The molecular formula is C15H20N2O2. The van der Waals surface area contributed by atoms with Gasteiger partial charge >= 0.3 is 0 Å². The van der Waals surface area contributed by atoms with Crippen LogP contribution in [0.15, 0.2) is 23.1 Å². The van der Waals surface area contributed by atoms with E-state index in [-0.39, 0.29) is 11.5 Å². The minimum atomic E-state index is -0.117. The lowest BCUT2D eigenvalue weighted by molar-refractivity contribution is -0.0243. The van der Waals surface area contributed by atoms with E-state index in [1.165, 1.54) is 12.1 Å². The average Bonchev–Trinajstić information content (AvgIpc) is 2.41. The maximum absolute atomic E-state index is 11.6. The second kappa shape index (κ2) is 4.18. The molecule has 4 rings (SSSR count). The van der Waals surface area contributed by atoms with Crippen LogP contribution < -0.4 is 5.43 Å². The molecule has 0 spiro atoms. The van der Waals surface area contributed by atoms with Crippen molar-refractivity contribution in [3.8, 4) is 0 Å². The summed E-state index contributed by atoms with van der Waals surface area (Å²) in [5, 5.41) is 9.90. The molecule has 0 saturated carbocycles. The van der Waals surface area contributed by atoms with Crippen molar-refractivity contribution < 1.29 is 5.11 Å². The summed E-state index contributed by atoms with van der Waals surface area (Å²) in [5.74, 6) is 1.13. The quantitative estimate of drug-likeness (QED) is 0.750. The van der Waals surface area contributed by atoms with Gasteiger partial charge in [-0.15, -0.1) is 0 Å². The summed E-state index contributed by atoms with van der Waals surface area (Å²) >= 11 is 0. The van der Waals surface area contributed by atoms with Gasteiger partial charge in [-0.1, -0.05) is 0 Å². The Bertz CT molecular complexity index is 553. The Morgan fingerprint density at radius 3 is 3.05 bits per heavy atom. The fraction of sp³-hybridized carbons (Fsp3) is 0.667. The minimum absolute atomic E-state index is 0.117. The van der Waals surface area contributed by atoms with E-state index in [1.54, 1.807) is 6.07 Å². The lowest BCUT2D eigenvalue weighted by Gasteiger charge is -2.51. The van der Waals surface area contributed by atoms with Gasteiger partial charge in [-0.2, -0.15) is 0 Å². The molecule has 4 heteroatoms. The highest BCUT2D eigenvalue weighted by molar-refractivity contribution is 5.18. The Morgan fingerprint density at radius 2 is 2.16 bits per heavy atom. The van der Waals surface area contributed by atoms with Crippen LogP contribution in [0.4, 0.5) is 0 Å². The molecule has 2 bridgehead atoms. The number of nitrogens with zero attached hydrogens (tertiary/aromatic N) is 2. The average molecular weight is 260 g/mol. The van der Waals surface area contributed by atoms with Gasteiger partial charge < -0.3 is 9.67 Å². The Balaban J connectivity index is 1.70. The molecule has 4 unspecified atom stereocenters. The number of aliphatic hydroxyl groups is 1. The summed E-state index contributed by atoms with van der Waals surface area (Å²) in [5.41, 5.74) is 1.34. The molecule has 0 amide bonds. The van der Waals surface area contributed by atoms with Crippen LogP contribution in [0.1, 0.15) is 30.9 Å². The molecule has 0 aliphatic carbocycles. The molecule has 4 nitrogen and oxygen atoms in total. The fourth-order valence-corrected chi connectivity index (χ4v) is 4.33. The molecule has 1 N–H and O–H groups in total. The predicted molar refractivity (Wildman–Crippen MR) is 72.2 cm³/mol. The van der Waals surface area contributed by atoms with E-state index in [9.17, 15) is 9.90 Å². The van der Waals surface area contributed by atoms with E-state index in [0.717, 1.165) is 32.5 Å². The summed E-state index contributed by atoms with van der Waals surface area (Å²) in [7, 11) is 0. The molecule has 4 heterocycles. The Kier molecular flexibility index (Phi) is 2.57.